The number of aromatic nitrogens is 3. The first-order valence-corrected chi connectivity index (χ1v) is 8.97. The third kappa shape index (κ3) is 6.21. The van der Waals surface area contributed by atoms with Crippen LogP contribution in [0.15, 0.2) is 66.9 Å². The summed E-state index contributed by atoms with van der Waals surface area (Å²) in [5.41, 5.74) is 0.986. The number of nitrogens with zero attached hydrogens (tertiary/aromatic N) is 3. The van der Waals surface area contributed by atoms with Gasteiger partial charge < -0.3 is 16.0 Å². The molecule has 3 aromatic rings. The number of benzene rings is 1. The van der Waals surface area contributed by atoms with Crippen LogP contribution in [0.5, 0.6) is 0 Å². The second-order valence-corrected chi connectivity index (χ2v) is 5.99. The Morgan fingerprint density at radius 1 is 0.964 bits per heavy atom. The number of pyridine rings is 1. The lowest BCUT2D eigenvalue weighted by Gasteiger charge is -2.10. The molecule has 0 bridgehead atoms. The number of carbonyl (C=O) groups is 1. The number of nitrogens with one attached hydrogen (secondary N) is 3. The summed E-state index contributed by atoms with van der Waals surface area (Å²) in [7, 11) is 0. The molecule has 3 N–H and O–H groups in total. The van der Waals surface area contributed by atoms with Crippen molar-refractivity contribution < 1.29 is 4.79 Å². The van der Waals surface area contributed by atoms with Gasteiger partial charge in [-0.2, -0.15) is 0 Å². The Labute approximate surface area is 164 Å². The van der Waals surface area contributed by atoms with Gasteiger partial charge in [0.2, 0.25) is 5.91 Å². The van der Waals surface area contributed by atoms with E-state index in [0.717, 1.165) is 5.56 Å². The molecule has 0 atom stereocenters. The van der Waals surface area contributed by atoms with Crippen molar-refractivity contribution in [3.63, 3.8) is 0 Å². The summed E-state index contributed by atoms with van der Waals surface area (Å²) in [6.07, 6.45) is 5.02. The summed E-state index contributed by atoms with van der Waals surface area (Å²) in [6.45, 7) is 2.85. The topological polar surface area (TPSA) is 91.8 Å². The van der Waals surface area contributed by atoms with Crippen LogP contribution in [-0.4, -0.2) is 33.9 Å². The minimum atomic E-state index is -0.137. The Morgan fingerprint density at radius 2 is 1.75 bits per heavy atom. The maximum Gasteiger partial charge on any atom is 0.244 e. The van der Waals surface area contributed by atoms with Crippen molar-refractivity contribution in [1.29, 1.82) is 0 Å². The first-order chi connectivity index (χ1) is 13.7. The minimum Gasteiger partial charge on any atom is -0.368 e. The zero-order valence-electron chi connectivity index (χ0n) is 15.6. The van der Waals surface area contributed by atoms with E-state index in [-0.39, 0.29) is 5.91 Å². The van der Waals surface area contributed by atoms with Gasteiger partial charge in [-0.3, -0.25) is 4.79 Å². The second-order valence-electron chi connectivity index (χ2n) is 5.99. The van der Waals surface area contributed by atoms with Crippen LogP contribution in [0.3, 0.4) is 0 Å². The molecule has 3 rings (SSSR count). The van der Waals surface area contributed by atoms with E-state index in [1.807, 2.05) is 55.5 Å². The molecule has 2 heterocycles. The number of hydrogen-bond acceptors (Lipinski definition) is 6. The maximum absolute atomic E-state index is 11.9. The highest BCUT2D eigenvalue weighted by molar-refractivity contribution is 5.91. The molecular formula is C21H22N6O. The van der Waals surface area contributed by atoms with Gasteiger partial charge in [0.15, 0.2) is 0 Å². The minimum absolute atomic E-state index is 0.137. The van der Waals surface area contributed by atoms with E-state index < -0.39 is 0 Å². The highest BCUT2D eigenvalue weighted by Gasteiger charge is 2.03. The Hall–Kier alpha value is -3.74. The monoisotopic (exact) mass is 374 g/mol. The van der Waals surface area contributed by atoms with E-state index in [9.17, 15) is 4.79 Å². The van der Waals surface area contributed by atoms with Crippen LogP contribution in [0.1, 0.15) is 11.4 Å². The molecule has 7 nitrogen and oxygen atoms in total. The molecule has 0 unspecified atom stereocenters. The predicted octanol–water partition coefficient (Wildman–Crippen LogP) is 3.17. The molecule has 1 amide bonds. The zero-order valence-corrected chi connectivity index (χ0v) is 15.6. The van der Waals surface area contributed by atoms with Gasteiger partial charge in [-0.15, -0.1) is 0 Å². The third-order valence-electron chi connectivity index (χ3n) is 3.72. The summed E-state index contributed by atoms with van der Waals surface area (Å²) < 4.78 is 0. The van der Waals surface area contributed by atoms with Crippen LogP contribution in [0.25, 0.3) is 6.08 Å². The van der Waals surface area contributed by atoms with E-state index >= 15 is 0 Å². The molecule has 0 spiro atoms. The quantitative estimate of drug-likeness (QED) is 0.414. The first-order valence-electron chi connectivity index (χ1n) is 8.97. The Balaban J connectivity index is 1.46. The van der Waals surface area contributed by atoms with Gasteiger partial charge in [-0.05, 0) is 30.7 Å². The molecule has 28 heavy (non-hydrogen) atoms. The number of hydrogen-bond donors (Lipinski definition) is 3. The molecular weight excluding hydrogens is 352 g/mol. The van der Waals surface area contributed by atoms with Gasteiger partial charge in [0.1, 0.15) is 23.3 Å². The molecule has 7 heteroatoms. The van der Waals surface area contributed by atoms with Crippen LogP contribution < -0.4 is 16.0 Å². The van der Waals surface area contributed by atoms with Gasteiger partial charge in [0.05, 0.1) is 0 Å². The third-order valence-corrected chi connectivity index (χ3v) is 3.72. The Bertz CT molecular complexity index is 928. The normalized spacial score (nSPS) is 10.6. The Morgan fingerprint density at radius 3 is 2.54 bits per heavy atom. The summed E-state index contributed by atoms with van der Waals surface area (Å²) in [4.78, 5) is 24.8. The van der Waals surface area contributed by atoms with Crippen molar-refractivity contribution in [3.8, 4) is 0 Å². The summed E-state index contributed by atoms with van der Waals surface area (Å²) in [5.74, 6) is 2.55. The van der Waals surface area contributed by atoms with Crippen molar-refractivity contribution >= 4 is 29.4 Å². The largest absolute Gasteiger partial charge is 0.368 e. The Kier molecular flexibility index (Phi) is 6.67. The second kappa shape index (κ2) is 9.82. The van der Waals surface area contributed by atoms with E-state index in [0.29, 0.717) is 36.4 Å². The van der Waals surface area contributed by atoms with Crippen molar-refractivity contribution in [3.05, 3.63) is 78.3 Å². The SMILES string of the molecule is Cc1nc(NCCNC(=O)/C=C/c2ccccc2)cc(Nc2ccccn2)n1. The standard InChI is InChI=1S/C21H22N6O/c1-16-25-19(15-20(26-16)27-18-9-5-6-12-22-18)23-13-14-24-21(28)11-10-17-7-3-2-4-8-17/h2-12,15H,13-14H2,1H3,(H,24,28)(H2,22,23,25,26,27)/b11-10+. The molecule has 1 aromatic carbocycles. The van der Waals surface area contributed by atoms with Crippen LogP contribution >= 0.6 is 0 Å². The molecule has 142 valence electrons. The van der Waals surface area contributed by atoms with Crippen LogP contribution in [0, 0.1) is 6.92 Å². The van der Waals surface area contributed by atoms with Crippen molar-refractivity contribution in [1.82, 2.24) is 20.3 Å². The molecule has 0 fully saturated rings. The maximum atomic E-state index is 11.9. The van der Waals surface area contributed by atoms with Gasteiger partial charge in [-0.25, -0.2) is 15.0 Å². The first kappa shape index (κ1) is 19.0. The molecule has 0 saturated heterocycles. The fraction of sp³-hybridized carbons (Fsp3) is 0.143. The van der Waals surface area contributed by atoms with Crippen molar-refractivity contribution in [2.75, 3.05) is 23.7 Å². The highest BCUT2D eigenvalue weighted by Crippen LogP contribution is 2.15. The fourth-order valence-corrected chi connectivity index (χ4v) is 2.46. The van der Waals surface area contributed by atoms with Crippen LogP contribution in [-0.2, 0) is 4.79 Å². The van der Waals surface area contributed by atoms with E-state index in [4.69, 9.17) is 0 Å². The highest BCUT2D eigenvalue weighted by atomic mass is 16.1. The number of rotatable bonds is 8. The van der Waals surface area contributed by atoms with Gasteiger partial charge in [0, 0.05) is 31.4 Å². The molecule has 0 aliphatic rings. The lowest BCUT2D eigenvalue weighted by molar-refractivity contribution is -0.116. The van der Waals surface area contributed by atoms with Crippen LogP contribution in [0.4, 0.5) is 17.5 Å². The number of anilines is 3. The lowest BCUT2D eigenvalue weighted by atomic mass is 10.2. The number of amides is 1. The van der Waals surface area contributed by atoms with Crippen molar-refractivity contribution in [2.24, 2.45) is 0 Å². The number of carbonyl (C=O) groups excluding carboxylic acids is 1. The molecule has 0 saturated carbocycles. The number of aryl methyl sites for hydroxylation is 1. The van der Waals surface area contributed by atoms with E-state index in [1.54, 1.807) is 18.3 Å². The zero-order chi connectivity index (χ0) is 19.6. The summed E-state index contributed by atoms with van der Waals surface area (Å²) in [5, 5.41) is 9.17. The van der Waals surface area contributed by atoms with E-state index in [1.165, 1.54) is 6.08 Å². The van der Waals surface area contributed by atoms with E-state index in [2.05, 4.69) is 30.9 Å². The average molecular weight is 374 g/mol. The van der Waals surface area contributed by atoms with Gasteiger partial charge >= 0.3 is 0 Å². The van der Waals surface area contributed by atoms with Crippen molar-refractivity contribution in [2.45, 2.75) is 6.92 Å². The van der Waals surface area contributed by atoms with Crippen LogP contribution in [0.2, 0.25) is 0 Å². The van der Waals surface area contributed by atoms with Gasteiger partial charge in [-0.1, -0.05) is 36.4 Å². The summed E-state index contributed by atoms with van der Waals surface area (Å²) >= 11 is 0. The molecule has 2 aromatic heterocycles. The fourth-order valence-electron chi connectivity index (χ4n) is 2.46. The predicted molar refractivity (Wildman–Crippen MR) is 111 cm³/mol. The lowest BCUT2D eigenvalue weighted by Crippen LogP contribution is -2.27. The summed E-state index contributed by atoms with van der Waals surface area (Å²) in [6, 6.07) is 17.1. The molecule has 0 aliphatic carbocycles. The molecule has 0 radical (unpaired) electrons. The molecule has 0 aliphatic heterocycles. The smallest absolute Gasteiger partial charge is 0.244 e. The average Bonchev–Trinajstić information content (AvgIpc) is 2.71. The van der Waals surface area contributed by atoms with Gasteiger partial charge in [0.25, 0.3) is 0 Å².